The summed E-state index contributed by atoms with van der Waals surface area (Å²) in [7, 11) is 0. The predicted octanol–water partition coefficient (Wildman–Crippen LogP) is -0.157. The van der Waals surface area contributed by atoms with Crippen LogP contribution >= 0.6 is 0 Å². The molecule has 0 saturated carbocycles. The van der Waals surface area contributed by atoms with E-state index in [1.807, 2.05) is 0 Å². The van der Waals surface area contributed by atoms with Gasteiger partial charge in [-0.05, 0) is 16.4 Å². The van der Waals surface area contributed by atoms with Crippen LogP contribution < -0.4 is 5.73 Å². The van der Waals surface area contributed by atoms with Crippen LogP contribution in [0.2, 0.25) is 0 Å². The fourth-order valence-corrected chi connectivity index (χ4v) is 1.54. The number of hydrogen-bond acceptors (Lipinski definition) is 7. The summed E-state index contributed by atoms with van der Waals surface area (Å²) in [6.45, 7) is 0. The number of fused-ring (bicyclic) bond motifs is 1. The van der Waals surface area contributed by atoms with Crippen molar-refractivity contribution in [2.45, 2.75) is 5.92 Å². The molecule has 1 aromatic carbocycles. The molecule has 0 saturated heterocycles. The quantitative estimate of drug-likeness (QED) is 0.462. The Bertz CT molecular complexity index is 691. The number of nitro groups is 1. The molecule has 0 aliphatic heterocycles. The van der Waals surface area contributed by atoms with E-state index in [0.29, 0.717) is 0 Å². The smallest absolute Gasteiger partial charge is 0.300 e. The summed E-state index contributed by atoms with van der Waals surface area (Å²) in [6.07, 6.45) is 0. The van der Waals surface area contributed by atoms with Crippen LogP contribution in [0.4, 0.5) is 5.69 Å². The third-order valence-electron chi connectivity index (χ3n) is 2.35. The van der Waals surface area contributed by atoms with Crippen molar-refractivity contribution in [2.75, 3.05) is 0 Å². The summed E-state index contributed by atoms with van der Waals surface area (Å²) >= 11 is 0. The maximum Gasteiger partial charge on any atom is 0.300 e. The van der Waals surface area contributed by atoms with E-state index >= 15 is 0 Å². The van der Waals surface area contributed by atoms with E-state index in [1.165, 1.54) is 6.07 Å². The van der Waals surface area contributed by atoms with Gasteiger partial charge in [0.1, 0.15) is 5.52 Å². The van der Waals surface area contributed by atoms with Crippen LogP contribution in [0.1, 0.15) is 11.5 Å². The molecule has 9 nitrogen and oxygen atoms in total. The molecule has 10 heteroatoms. The average Bonchev–Trinajstić information content (AvgIpc) is 2.78. The Labute approximate surface area is 127 Å². The molecule has 2 N–H and O–H groups in total. The summed E-state index contributed by atoms with van der Waals surface area (Å²) in [5.41, 5.74) is 4.73. The molecule has 1 heterocycles. The van der Waals surface area contributed by atoms with E-state index in [0.717, 1.165) is 6.07 Å². The Hall–Kier alpha value is -2.02. The number of rotatable bonds is 3. The minimum absolute atomic E-state index is 0. The molecule has 1 amide bonds. The van der Waals surface area contributed by atoms with Gasteiger partial charge in [0.05, 0.1) is 11.0 Å². The van der Waals surface area contributed by atoms with Crippen molar-refractivity contribution < 1.29 is 14.3 Å². The zero-order valence-electron chi connectivity index (χ0n) is 9.73. The number of benzene rings is 1. The molecule has 0 bridgehead atoms. The third-order valence-corrected chi connectivity index (χ3v) is 2.35. The number of non-ortho nitro benzene ring substituents is 1. The molecule has 0 aliphatic rings. The third kappa shape index (κ3) is 2.55. The fraction of sp³-hybridized carbons (Fsp3) is 0.111. The van der Waals surface area contributed by atoms with Gasteiger partial charge in [-0.1, -0.05) is 0 Å². The first kappa shape index (κ1) is 15.0. The number of nitriles is 1. The first-order valence-corrected chi connectivity index (χ1v) is 4.64. The monoisotopic (exact) mass is 270 g/mol. The van der Waals surface area contributed by atoms with Crippen molar-refractivity contribution in [3.63, 3.8) is 0 Å². The first-order chi connectivity index (χ1) is 8.56. The largest absolute Gasteiger partial charge is 0.368 e. The van der Waals surface area contributed by atoms with Crippen molar-refractivity contribution in [1.82, 2.24) is 10.3 Å². The standard InChI is InChI=1S/C9H5N5O4.Na/c10-3-5(9(11)15)4-1-2-6(14(16)17)8-7(4)12-18-13-8;/h1-2,5H,(H2,11,15);. The first-order valence-electron chi connectivity index (χ1n) is 4.64. The molecule has 1 atom stereocenters. The number of nitrogens with two attached hydrogens (primary N) is 1. The number of carbonyl (C=O) groups is 1. The Morgan fingerprint density at radius 1 is 1.47 bits per heavy atom. The molecule has 19 heavy (non-hydrogen) atoms. The second-order valence-electron chi connectivity index (χ2n) is 3.36. The van der Waals surface area contributed by atoms with Crippen LogP contribution in [-0.2, 0) is 4.79 Å². The molecule has 2 rings (SSSR count). The number of nitrogens with zero attached hydrogens (tertiary/aromatic N) is 4. The minimum Gasteiger partial charge on any atom is -0.368 e. The Kier molecular flexibility index (Phi) is 4.55. The molecule has 1 radical (unpaired) electrons. The maximum atomic E-state index is 11.1. The van der Waals surface area contributed by atoms with Crippen LogP contribution in [0.5, 0.6) is 0 Å². The van der Waals surface area contributed by atoms with Gasteiger partial charge < -0.3 is 5.73 Å². The molecular weight excluding hydrogens is 265 g/mol. The second kappa shape index (κ2) is 5.75. The van der Waals surface area contributed by atoms with Gasteiger partial charge in [-0.25, -0.2) is 4.63 Å². The van der Waals surface area contributed by atoms with Gasteiger partial charge >= 0.3 is 5.69 Å². The van der Waals surface area contributed by atoms with E-state index in [2.05, 4.69) is 14.9 Å². The van der Waals surface area contributed by atoms with Gasteiger partial charge in [-0.3, -0.25) is 14.9 Å². The van der Waals surface area contributed by atoms with E-state index in [-0.39, 0.29) is 51.8 Å². The van der Waals surface area contributed by atoms with E-state index in [1.54, 1.807) is 6.07 Å². The molecule has 0 aliphatic carbocycles. The average molecular weight is 270 g/mol. The van der Waals surface area contributed by atoms with Crippen molar-refractivity contribution in [1.29, 1.82) is 5.26 Å². The SMILES string of the molecule is N#CC(C(N)=O)c1ccc([N+](=O)[O-])c2nonc12.[Na]. The van der Waals surface area contributed by atoms with Crippen LogP contribution in [-0.4, -0.2) is 50.7 Å². The summed E-state index contributed by atoms with van der Waals surface area (Å²) in [4.78, 5) is 21.2. The van der Waals surface area contributed by atoms with Gasteiger partial charge in [0.25, 0.3) is 0 Å². The molecule has 1 unspecified atom stereocenters. The summed E-state index contributed by atoms with van der Waals surface area (Å²) in [5, 5.41) is 26.4. The summed E-state index contributed by atoms with van der Waals surface area (Å²) in [5.74, 6) is -2.14. The van der Waals surface area contributed by atoms with Crippen LogP contribution in [0.15, 0.2) is 16.8 Å². The summed E-state index contributed by atoms with van der Waals surface area (Å²) in [6, 6.07) is 4.05. The number of primary amides is 1. The van der Waals surface area contributed by atoms with Gasteiger partial charge in [-0.2, -0.15) is 5.26 Å². The van der Waals surface area contributed by atoms with Gasteiger partial charge in [-0.15, -0.1) is 0 Å². The molecular formula is C9H5N5NaO4. The Morgan fingerprint density at radius 3 is 2.63 bits per heavy atom. The fourth-order valence-electron chi connectivity index (χ4n) is 1.54. The predicted molar refractivity (Wildman–Crippen MR) is 61.8 cm³/mol. The maximum absolute atomic E-state index is 11.1. The van der Waals surface area contributed by atoms with Crippen LogP contribution in [0.25, 0.3) is 11.0 Å². The summed E-state index contributed by atoms with van der Waals surface area (Å²) < 4.78 is 4.40. The van der Waals surface area contributed by atoms with Crippen molar-refractivity contribution in [2.24, 2.45) is 5.73 Å². The van der Waals surface area contributed by atoms with Crippen molar-refractivity contribution >= 4 is 52.2 Å². The van der Waals surface area contributed by atoms with Crippen LogP contribution in [0, 0.1) is 21.4 Å². The van der Waals surface area contributed by atoms with E-state index < -0.39 is 16.7 Å². The zero-order chi connectivity index (χ0) is 13.3. The number of amides is 1. The van der Waals surface area contributed by atoms with Crippen molar-refractivity contribution in [3.05, 3.63) is 27.8 Å². The zero-order valence-corrected chi connectivity index (χ0v) is 11.7. The van der Waals surface area contributed by atoms with E-state index in [4.69, 9.17) is 11.0 Å². The second-order valence-corrected chi connectivity index (χ2v) is 3.36. The van der Waals surface area contributed by atoms with Gasteiger partial charge in [0.15, 0.2) is 5.92 Å². The van der Waals surface area contributed by atoms with E-state index in [9.17, 15) is 14.9 Å². The minimum atomic E-state index is -1.26. The number of hydrogen-bond donors (Lipinski definition) is 1. The molecule has 91 valence electrons. The molecule has 2 aromatic rings. The molecule has 1 aromatic heterocycles. The topological polar surface area (TPSA) is 149 Å². The number of aromatic nitrogens is 2. The normalized spacial score (nSPS) is 11.3. The number of nitro benzene ring substituents is 1. The molecule has 0 spiro atoms. The van der Waals surface area contributed by atoms with Crippen molar-refractivity contribution in [3.8, 4) is 6.07 Å². The molecule has 0 fully saturated rings. The van der Waals surface area contributed by atoms with Gasteiger partial charge in [0.2, 0.25) is 11.4 Å². The number of carbonyl (C=O) groups excluding carboxylic acids is 1. The van der Waals surface area contributed by atoms with Crippen LogP contribution in [0.3, 0.4) is 0 Å². The Morgan fingerprint density at radius 2 is 2.11 bits per heavy atom. The van der Waals surface area contributed by atoms with Gasteiger partial charge in [0, 0.05) is 41.2 Å². The Balaban J connectivity index is 0.00000180.